The van der Waals surface area contributed by atoms with Crippen LogP contribution in [0.3, 0.4) is 0 Å². The van der Waals surface area contributed by atoms with Crippen molar-refractivity contribution in [3.8, 4) is 33.8 Å². The number of rotatable bonds is 0. The largest absolute Gasteiger partial charge is 0.507 e. The molecule has 2 heteroatoms. The molecule has 0 aliphatic heterocycles. The molecule has 4 rings (SSSR count). The summed E-state index contributed by atoms with van der Waals surface area (Å²) in [7, 11) is 0. The molecule has 2 N–H and O–H groups in total. The van der Waals surface area contributed by atoms with Crippen molar-refractivity contribution in [1.29, 1.82) is 0 Å². The highest BCUT2D eigenvalue weighted by Gasteiger charge is 2.24. The van der Waals surface area contributed by atoms with Crippen LogP contribution in [-0.4, -0.2) is 10.2 Å². The highest BCUT2D eigenvalue weighted by atomic mass is 16.3. The summed E-state index contributed by atoms with van der Waals surface area (Å²) in [5.41, 5.74) is 4.04. The van der Waals surface area contributed by atoms with Crippen molar-refractivity contribution < 1.29 is 10.2 Å². The Balaban J connectivity index is 2.32. The number of benzene rings is 3. The molecule has 18 heavy (non-hydrogen) atoms. The van der Waals surface area contributed by atoms with Crippen LogP contribution in [0, 0.1) is 0 Å². The van der Waals surface area contributed by atoms with Gasteiger partial charge in [0.05, 0.1) is 0 Å². The molecular formula is C16H10O2. The minimum atomic E-state index is 0.253. The molecule has 0 saturated carbocycles. The Hall–Kier alpha value is -2.48. The topological polar surface area (TPSA) is 40.5 Å². The van der Waals surface area contributed by atoms with Crippen LogP contribution in [0.15, 0.2) is 48.5 Å². The number of aromatic hydroxyl groups is 2. The van der Waals surface area contributed by atoms with Crippen molar-refractivity contribution in [2.75, 3.05) is 0 Å². The minimum Gasteiger partial charge on any atom is -0.507 e. The quantitative estimate of drug-likeness (QED) is 0.484. The molecule has 3 aromatic carbocycles. The third kappa shape index (κ3) is 0.979. The van der Waals surface area contributed by atoms with E-state index in [2.05, 4.69) is 0 Å². The Bertz CT molecular complexity index is 804. The minimum absolute atomic E-state index is 0.253. The van der Waals surface area contributed by atoms with E-state index in [4.69, 9.17) is 0 Å². The van der Waals surface area contributed by atoms with Crippen LogP contribution in [0.2, 0.25) is 0 Å². The van der Waals surface area contributed by atoms with Crippen LogP contribution in [0.4, 0.5) is 0 Å². The number of phenolic OH excluding ortho intramolecular Hbond substituents is 2. The van der Waals surface area contributed by atoms with Crippen molar-refractivity contribution in [1.82, 2.24) is 0 Å². The molecule has 3 aromatic rings. The average Bonchev–Trinajstić information content (AvgIpc) is 2.72. The second-order valence-electron chi connectivity index (χ2n) is 4.56. The van der Waals surface area contributed by atoms with Gasteiger partial charge in [-0.05, 0) is 34.9 Å². The first kappa shape index (κ1) is 9.54. The van der Waals surface area contributed by atoms with E-state index in [1.165, 1.54) is 0 Å². The molecule has 0 unspecified atom stereocenters. The van der Waals surface area contributed by atoms with Crippen molar-refractivity contribution in [2.45, 2.75) is 0 Å². The molecule has 86 valence electrons. The Morgan fingerprint density at radius 3 is 2.17 bits per heavy atom. The highest BCUT2D eigenvalue weighted by molar-refractivity contribution is 6.18. The zero-order valence-corrected chi connectivity index (χ0v) is 9.51. The van der Waals surface area contributed by atoms with Gasteiger partial charge >= 0.3 is 0 Å². The van der Waals surface area contributed by atoms with E-state index in [1.807, 2.05) is 30.3 Å². The first-order valence-electron chi connectivity index (χ1n) is 5.85. The summed E-state index contributed by atoms with van der Waals surface area (Å²) < 4.78 is 0. The molecule has 0 saturated heterocycles. The maximum Gasteiger partial charge on any atom is 0.124 e. The second kappa shape index (κ2) is 3.05. The molecule has 0 aromatic heterocycles. The van der Waals surface area contributed by atoms with Crippen LogP contribution >= 0.6 is 0 Å². The zero-order chi connectivity index (χ0) is 12.3. The average molecular weight is 234 g/mol. The summed E-state index contributed by atoms with van der Waals surface area (Å²) in [6, 6.07) is 15.0. The summed E-state index contributed by atoms with van der Waals surface area (Å²) in [4.78, 5) is 0. The van der Waals surface area contributed by atoms with Gasteiger partial charge in [-0.3, -0.25) is 0 Å². The summed E-state index contributed by atoms with van der Waals surface area (Å²) in [5.74, 6) is 0.516. The standard InChI is InChI=1S/C16H10O2/c17-13-7-5-11-9-3-1-2-4-10(9)16-14(18)8-6-12(13)15(11)16/h1-8,17-18H. The van der Waals surface area contributed by atoms with Gasteiger partial charge in [0.15, 0.2) is 0 Å². The van der Waals surface area contributed by atoms with Gasteiger partial charge in [-0.25, -0.2) is 0 Å². The van der Waals surface area contributed by atoms with Gasteiger partial charge in [-0.1, -0.05) is 30.3 Å². The second-order valence-corrected chi connectivity index (χ2v) is 4.56. The van der Waals surface area contributed by atoms with E-state index >= 15 is 0 Å². The number of phenols is 2. The summed E-state index contributed by atoms with van der Waals surface area (Å²) >= 11 is 0. The van der Waals surface area contributed by atoms with E-state index in [0.29, 0.717) is 0 Å². The molecule has 0 heterocycles. The molecule has 0 bridgehead atoms. The normalized spacial score (nSPS) is 11.8. The van der Waals surface area contributed by atoms with Crippen molar-refractivity contribution in [3.63, 3.8) is 0 Å². The van der Waals surface area contributed by atoms with E-state index in [0.717, 1.165) is 33.0 Å². The SMILES string of the molecule is Oc1ccc2c(O)ccc3c2c1-c1ccccc1-3. The molecule has 1 aliphatic rings. The molecule has 2 nitrogen and oxygen atoms in total. The predicted octanol–water partition coefficient (Wildman–Crippen LogP) is 3.90. The van der Waals surface area contributed by atoms with Gasteiger partial charge < -0.3 is 10.2 Å². The third-order valence-corrected chi connectivity index (χ3v) is 3.62. The monoisotopic (exact) mass is 234 g/mol. The van der Waals surface area contributed by atoms with Crippen LogP contribution in [-0.2, 0) is 0 Å². The fraction of sp³-hybridized carbons (Fsp3) is 0. The van der Waals surface area contributed by atoms with Crippen molar-refractivity contribution in [3.05, 3.63) is 48.5 Å². The zero-order valence-electron chi connectivity index (χ0n) is 9.51. The van der Waals surface area contributed by atoms with Gasteiger partial charge in [0.1, 0.15) is 11.5 Å². The van der Waals surface area contributed by atoms with E-state index < -0.39 is 0 Å². The first-order chi connectivity index (χ1) is 8.77. The maximum absolute atomic E-state index is 10.1. The van der Waals surface area contributed by atoms with Gasteiger partial charge in [0, 0.05) is 16.3 Å². The highest BCUT2D eigenvalue weighted by Crippen LogP contribution is 2.52. The van der Waals surface area contributed by atoms with Gasteiger partial charge in [-0.2, -0.15) is 0 Å². The lowest BCUT2D eigenvalue weighted by atomic mass is 10.0. The first-order valence-corrected chi connectivity index (χ1v) is 5.85. The molecule has 1 aliphatic carbocycles. The lowest BCUT2D eigenvalue weighted by Gasteiger charge is -2.05. The summed E-state index contributed by atoms with van der Waals surface area (Å²) in [6.07, 6.45) is 0. The number of hydrogen-bond acceptors (Lipinski definition) is 2. The van der Waals surface area contributed by atoms with Crippen molar-refractivity contribution >= 4 is 10.8 Å². The molecule has 0 atom stereocenters. The summed E-state index contributed by atoms with van der Waals surface area (Å²) in [6.45, 7) is 0. The maximum atomic E-state index is 10.1. The lowest BCUT2D eigenvalue weighted by Crippen LogP contribution is -1.78. The molecule has 0 radical (unpaired) electrons. The number of hydrogen-bond donors (Lipinski definition) is 2. The van der Waals surface area contributed by atoms with Crippen LogP contribution in [0.25, 0.3) is 33.0 Å². The van der Waals surface area contributed by atoms with Crippen LogP contribution < -0.4 is 0 Å². The smallest absolute Gasteiger partial charge is 0.124 e. The Labute approximate surface area is 104 Å². The predicted molar refractivity (Wildman–Crippen MR) is 71.7 cm³/mol. The number of fused-ring (bicyclic) bond motifs is 3. The van der Waals surface area contributed by atoms with Gasteiger partial charge in [0.2, 0.25) is 0 Å². The van der Waals surface area contributed by atoms with E-state index in [-0.39, 0.29) is 11.5 Å². The fourth-order valence-electron chi connectivity index (χ4n) is 2.85. The van der Waals surface area contributed by atoms with Crippen LogP contribution in [0.5, 0.6) is 11.5 Å². The van der Waals surface area contributed by atoms with Gasteiger partial charge in [0.25, 0.3) is 0 Å². The van der Waals surface area contributed by atoms with Crippen LogP contribution in [0.1, 0.15) is 0 Å². The third-order valence-electron chi connectivity index (χ3n) is 3.62. The molecule has 0 spiro atoms. The summed E-state index contributed by atoms with van der Waals surface area (Å²) in [5, 5.41) is 21.8. The Morgan fingerprint density at radius 2 is 1.33 bits per heavy atom. The lowest BCUT2D eigenvalue weighted by molar-refractivity contribution is 0.477. The van der Waals surface area contributed by atoms with Crippen molar-refractivity contribution in [2.24, 2.45) is 0 Å². The Morgan fingerprint density at radius 1 is 0.611 bits per heavy atom. The fourth-order valence-corrected chi connectivity index (χ4v) is 2.85. The Kier molecular flexibility index (Phi) is 1.61. The molecular weight excluding hydrogens is 224 g/mol. The van der Waals surface area contributed by atoms with E-state index in [9.17, 15) is 10.2 Å². The molecule has 0 fully saturated rings. The molecule has 0 amide bonds. The van der Waals surface area contributed by atoms with Gasteiger partial charge in [-0.15, -0.1) is 0 Å². The van der Waals surface area contributed by atoms with E-state index in [1.54, 1.807) is 18.2 Å².